The number of nitrogens with zero attached hydrogens (tertiary/aromatic N) is 4. The van der Waals surface area contributed by atoms with Gasteiger partial charge in [-0.3, -0.25) is 14.7 Å². The van der Waals surface area contributed by atoms with E-state index in [9.17, 15) is 18.8 Å². The van der Waals surface area contributed by atoms with Crippen LogP contribution in [0, 0.1) is 17.2 Å². The molecule has 4 heterocycles. The second-order valence-electron chi connectivity index (χ2n) is 13.3. The van der Waals surface area contributed by atoms with E-state index >= 15 is 0 Å². The lowest BCUT2D eigenvalue weighted by atomic mass is 9.87. The van der Waals surface area contributed by atoms with Gasteiger partial charge in [0.15, 0.2) is 0 Å². The Morgan fingerprint density at radius 3 is 2.63 bits per heavy atom. The molecular formula is C32H38ClFN6O3. The third kappa shape index (κ3) is 5.94. The number of aryl methyl sites for hydroxylation is 1. The largest absolute Gasteiger partial charge is 0.343 e. The van der Waals surface area contributed by atoms with Crippen LogP contribution in [-0.4, -0.2) is 68.4 Å². The van der Waals surface area contributed by atoms with Gasteiger partial charge in [-0.1, -0.05) is 44.5 Å². The van der Waals surface area contributed by atoms with Crippen molar-refractivity contribution in [2.45, 2.75) is 72.0 Å². The van der Waals surface area contributed by atoms with E-state index in [0.29, 0.717) is 63.4 Å². The second-order valence-corrected chi connectivity index (χ2v) is 13.7. The summed E-state index contributed by atoms with van der Waals surface area (Å²) >= 11 is 6.57. The average molecular weight is 609 g/mol. The standard InChI is InChI=1S/C32H38ClFN6O3/c1-32(2,3)18-39-17-24-19(13-25(33)29-23(24)15-35-37-29)7-8-20(30(39)42)14-27(41)38-11-9-22(10-12-38)40-16-21-5-4-6-26(34)28(21)36-31(40)43/h4-6,13,15,20,22H,7-12,14,16-18H2,1-3H3,(H,35,37)(H,36,43)/t20-/m0/s1. The molecule has 11 heteroatoms. The van der Waals surface area contributed by atoms with Crippen molar-refractivity contribution in [2.75, 3.05) is 25.0 Å². The van der Waals surface area contributed by atoms with Gasteiger partial charge in [0.25, 0.3) is 0 Å². The topological polar surface area (TPSA) is 102 Å². The van der Waals surface area contributed by atoms with Crippen molar-refractivity contribution in [2.24, 2.45) is 11.3 Å². The zero-order valence-corrected chi connectivity index (χ0v) is 25.6. The Hall–Kier alpha value is -3.66. The molecule has 1 fully saturated rings. The summed E-state index contributed by atoms with van der Waals surface area (Å²) in [5, 5.41) is 11.4. The number of benzene rings is 2. The first-order valence-electron chi connectivity index (χ1n) is 15.0. The summed E-state index contributed by atoms with van der Waals surface area (Å²) < 4.78 is 14.2. The first-order valence-corrected chi connectivity index (χ1v) is 15.4. The van der Waals surface area contributed by atoms with Crippen LogP contribution in [0.5, 0.6) is 0 Å². The fourth-order valence-electron chi connectivity index (χ4n) is 6.80. The maximum atomic E-state index is 14.2. The summed E-state index contributed by atoms with van der Waals surface area (Å²) in [5.74, 6) is -0.894. The lowest BCUT2D eigenvalue weighted by molar-refractivity contribution is -0.143. The van der Waals surface area contributed by atoms with Gasteiger partial charge in [-0.15, -0.1) is 0 Å². The number of para-hydroxylation sites is 1. The van der Waals surface area contributed by atoms with Crippen molar-refractivity contribution in [1.82, 2.24) is 24.9 Å². The van der Waals surface area contributed by atoms with Crippen LogP contribution in [0.4, 0.5) is 14.9 Å². The molecule has 0 aliphatic carbocycles. The highest BCUT2D eigenvalue weighted by atomic mass is 35.5. The van der Waals surface area contributed by atoms with Gasteiger partial charge < -0.3 is 20.0 Å². The van der Waals surface area contributed by atoms with Gasteiger partial charge in [0.05, 0.1) is 22.4 Å². The quantitative estimate of drug-likeness (QED) is 0.395. The van der Waals surface area contributed by atoms with E-state index in [2.05, 4.69) is 36.3 Å². The zero-order valence-electron chi connectivity index (χ0n) is 24.9. The maximum Gasteiger partial charge on any atom is 0.322 e. The summed E-state index contributed by atoms with van der Waals surface area (Å²) in [6.45, 7) is 8.69. The molecule has 3 aromatic rings. The summed E-state index contributed by atoms with van der Waals surface area (Å²) in [4.78, 5) is 45.8. The number of carbonyl (C=O) groups excluding carboxylic acids is 3. The minimum absolute atomic E-state index is 0.00583. The van der Waals surface area contributed by atoms with Crippen LogP contribution in [0.3, 0.4) is 0 Å². The number of carbonyl (C=O) groups is 3. The normalized spacial score (nSPS) is 20.0. The number of fused-ring (bicyclic) bond motifs is 4. The monoisotopic (exact) mass is 608 g/mol. The van der Waals surface area contributed by atoms with E-state index in [0.717, 1.165) is 27.6 Å². The highest BCUT2D eigenvalue weighted by Gasteiger charge is 2.36. The number of anilines is 1. The molecular weight excluding hydrogens is 571 g/mol. The van der Waals surface area contributed by atoms with Gasteiger partial charge in [-0.2, -0.15) is 5.10 Å². The van der Waals surface area contributed by atoms with Crippen LogP contribution in [0.2, 0.25) is 5.02 Å². The van der Waals surface area contributed by atoms with Crippen molar-refractivity contribution >= 4 is 46.0 Å². The molecule has 0 saturated carbocycles. The molecule has 0 spiro atoms. The Kier molecular flexibility index (Phi) is 7.83. The predicted octanol–water partition coefficient (Wildman–Crippen LogP) is 5.72. The first-order chi connectivity index (χ1) is 20.5. The predicted molar refractivity (Wildman–Crippen MR) is 163 cm³/mol. The lowest BCUT2D eigenvalue weighted by Gasteiger charge is -2.41. The van der Waals surface area contributed by atoms with E-state index in [-0.39, 0.29) is 41.4 Å². The van der Waals surface area contributed by atoms with Crippen molar-refractivity contribution in [3.63, 3.8) is 0 Å². The maximum absolute atomic E-state index is 14.2. The molecule has 2 aromatic carbocycles. The number of piperidine rings is 1. The van der Waals surface area contributed by atoms with Gasteiger partial charge in [0.2, 0.25) is 11.8 Å². The molecule has 1 atom stereocenters. The molecule has 3 aliphatic heterocycles. The number of likely N-dealkylation sites (tertiary alicyclic amines) is 1. The average Bonchev–Trinajstić information content (AvgIpc) is 3.46. The third-order valence-corrected chi connectivity index (χ3v) is 9.24. The molecule has 4 amide bonds. The minimum Gasteiger partial charge on any atom is -0.343 e. The SMILES string of the molecule is CC(C)(C)CN1Cc2c(cc(Cl)c3[nH]ncc23)CC[C@@H](CC(=O)N2CCC(N3Cc4cccc(F)c4NC3=O)CC2)C1=O. The lowest BCUT2D eigenvalue weighted by Crippen LogP contribution is -2.51. The summed E-state index contributed by atoms with van der Waals surface area (Å²) in [6.07, 6.45) is 4.39. The zero-order chi connectivity index (χ0) is 30.5. The number of nitrogens with one attached hydrogen (secondary N) is 2. The number of hydrogen-bond donors (Lipinski definition) is 2. The highest BCUT2D eigenvalue weighted by Crippen LogP contribution is 2.35. The van der Waals surface area contributed by atoms with Crippen LogP contribution < -0.4 is 5.32 Å². The fourth-order valence-corrected chi connectivity index (χ4v) is 7.08. The smallest absolute Gasteiger partial charge is 0.322 e. The Labute approximate surface area is 255 Å². The van der Waals surface area contributed by atoms with E-state index in [4.69, 9.17) is 11.6 Å². The number of aromatic nitrogens is 2. The molecule has 0 radical (unpaired) electrons. The molecule has 1 aromatic heterocycles. The van der Waals surface area contributed by atoms with Crippen LogP contribution in [0.1, 0.15) is 63.1 Å². The second kappa shape index (κ2) is 11.4. The van der Waals surface area contributed by atoms with Gasteiger partial charge in [0.1, 0.15) is 5.82 Å². The molecule has 1 saturated heterocycles. The molecule has 9 nitrogen and oxygen atoms in total. The summed E-state index contributed by atoms with van der Waals surface area (Å²) in [5.41, 5.74) is 3.80. The molecule has 0 bridgehead atoms. The third-order valence-electron chi connectivity index (χ3n) is 8.94. The number of rotatable bonds is 4. The van der Waals surface area contributed by atoms with Crippen molar-refractivity contribution in [3.05, 3.63) is 58.0 Å². The Morgan fingerprint density at radius 1 is 1.12 bits per heavy atom. The van der Waals surface area contributed by atoms with Gasteiger partial charge in [-0.05, 0) is 59.9 Å². The summed E-state index contributed by atoms with van der Waals surface area (Å²) in [7, 11) is 0. The molecule has 3 aliphatic rings. The van der Waals surface area contributed by atoms with E-state index in [1.807, 2.05) is 21.9 Å². The number of hydrogen-bond acceptors (Lipinski definition) is 4. The molecule has 2 N–H and O–H groups in total. The minimum atomic E-state index is -0.433. The number of halogens is 2. The number of H-pyrrole nitrogens is 1. The number of aromatic amines is 1. The Bertz CT molecular complexity index is 1580. The van der Waals surface area contributed by atoms with Crippen molar-refractivity contribution in [1.29, 1.82) is 0 Å². The van der Waals surface area contributed by atoms with E-state index < -0.39 is 11.7 Å². The van der Waals surface area contributed by atoms with Crippen molar-refractivity contribution in [3.8, 4) is 0 Å². The van der Waals surface area contributed by atoms with Crippen LogP contribution in [0.15, 0.2) is 30.5 Å². The molecule has 0 unspecified atom stereocenters. The Morgan fingerprint density at radius 2 is 1.88 bits per heavy atom. The van der Waals surface area contributed by atoms with Crippen LogP contribution in [0.25, 0.3) is 10.9 Å². The van der Waals surface area contributed by atoms with Gasteiger partial charge in [-0.25, -0.2) is 9.18 Å². The van der Waals surface area contributed by atoms with E-state index in [1.54, 1.807) is 17.2 Å². The molecule has 6 rings (SSSR count). The van der Waals surface area contributed by atoms with Gasteiger partial charge >= 0.3 is 6.03 Å². The van der Waals surface area contributed by atoms with Crippen LogP contribution in [-0.2, 0) is 29.1 Å². The molecule has 43 heavy (non-hydrogen) atoms. The summed E-state index contributed by atoms with van der Waals surface area (Å²) in [6, 6.07) is 6.42. The first kappa shape index (κ1) is 29.4. The van der Waals surface area contributed by atoms with Gasteiger partial charge in [0, 0.05) is 56.5 Å². The number of amides is 4. The Balaban J connectivity index is 1.14. The fraction of sp³-hybridized carbons (Fsp3) is 0.500. The highest BCUT2D eigenvalue weighted by molar-refractivity contribution is 6.35. The van der Waals surface area contributed by atoms with E-state index in [1.165, 1.54) is 6.07 Å². The van der Waals surface area contributed by atoms with Crippen LogP contribution >= 0.6 is 11.6 Å². The van der Waals surface area contributed by atoms with Crippen molar-refractivity contribution < 1.29 is 18.8 Å². The molecule has 228 valence electrons. The number of urea groups is 1.